The first kappa shape index (κ1) is 12.7. The molecule has 0 aliphatic carbocycles. The zero-order chi connectivity index (χ0) is 14.2. The number of halogens is 1. The van der Waals surface area contributed by atoms with E-state index in [0.29, 0.717) is 10.9 Å². The lowest BCUT2D eigenvalue weighted by Gasteiger charge is -2.06. The highest BCUT2D eigenvalue weighted by Gasteiger charge is 2.10. The molecule has 4 aromatic rings. The highest BCUT2D eigenvalue weighted by molar-refractivity contribution is 7.15. The molecule has 0 aliphatic rings. The lowest BCUT2D eigenvalue weighted by Crippen LogP contribution is -1.94. The summed E-state index contributed by atoms with van der Waals surface area (Å²) < 4.78 is 6.63. The number of fused-ring (bicyclic) bond motifs is 3. The van der Waals surface area contributed by atoms with Gasteiger partial charge in [0.2, 0.25) is 0 Å². The van der Waals surface area contributed by atoms with Crippen molar-refractivity contribution in [3.8, 4) is 5.75 Å². The van der Waals surface area contributed by atoms with Crippen molar-refractivity contribution in [2.45, 2.75) is 6.61 Å². The van der Waals surface area contributed by atoms with Crippen LogP contribution in [0, 0.1) is 0 Å². The summed E-state index contributed by atoms with van der Waals surface area (Å²) in [5.41, 5.74) is 2.19. The van der Waals surface area contributed by atoms with Crippen molar-refractivity contribution in [1.82, 2.24) is 9.97 Å². The van der Waals surface area contributed by atoms with E-state index in [-0.39, 0.29) is 0 Å². The second-order valence-corrected chi connectivity index (χ2v) is 6.44. The second-order valence-electron chi connectivity index (χ2n) is 4.70. The molecule has 104 valence electrons. The average molecular weight is 315 g/mol. The normalized spacial score (nSPS) is 11.3. The fourth-order valence-electron chi connectivity index (χ4n) is 2.48. The summed E-state index contributed by atoms with van der Waals surface area (Å²) in [5.74, 6) is 0.858. The summed E-state index contributed by atoms with van der Waals surface area (Å²) in [6.07, 6.45) is 1.65. The molecule has 2 aromatic heterocycles. The fraction of sp³-hybridized carbons (Fsp3) is 0.0625. The number of H-pyrrole nitrogens is 1. The van der Waals surface area contributed by atoms with Gasteiger partial charge in [-0.15, -0.1) is 11.3 Å². The van der Waals surface area contributed by atoms with E-state index >= 15 is 0 Å². The third-order valence-electron chi connectivity index (χ3n) is 3.37. The molecule has 0 saturated heterocycles. The molecule has 3 nitrogen and oxygen atoms in total. The van der Waals surface area contributed by atoms with E-state index in [4.69, 9.17) is 16.3 Å². The summed E-state index contributed by atoms with van der Waals surface area (Å²) in [6.45, 7) is 0.427. The Bertz CT molecular complexity index is 928. The van der Waals surface area contributed by atoms with Gasteiger partial charge in [-0.2, -0.15) is 0 Å². The minimum absolute atomic E-state index is 0.427. The number of aromatic amines is 1. The summed E-state index contributed by atoms with van der Waals surface area (Å²) in [5, 5.41) is 3.15. The van der Waals surface area contributed by atoms with Gasteiger partial charge in [-0.1, -0.05) is 35.9 Å². The zero-order valence-corrected chi connectivity index (χ0v) is 12.5. The maximum absolute atomic E-state index is 5.95. The van der Waals surface area contributed by atoms with Crippen molar-refractivity contribution in [3.63, 3.8) is 0 Å². The Kier molecular flexibility index (Phi) is 3.05. The second kappa shape index (κ2) is 5.06. The molecule has 4 rings (SSSR count). The van der Waals surface area contributed by atoms with Gasteiger partial charge < -0.3 is 9.72 Å². The maximum atomic E-state index is 5.95. The van der Waals surface area contributed by atoms with Crippen molar-refractivity contribution in [2.75, 3.05) is 0 Å². The van der Waals surface area contributed by atoms with Crippen LogP contribution in [-0.2, 0) is 6.61 Å². The monoisotopic (exact) mass is 314 g/mol. The molecule has 0 amide bonds. The fourth-order valence-corrected chi connectivity index (χ4v) is 3.35. The first-order valence-electron chi connectivity index (χ1n) is 6.54. The molecular formula is C16H11ClN2OS. The van der Waals surface area contributed by atoms with Crippen LogP contribution in [0.4, 0.5) is 0 Å². The van der Waals surface area contributed by atoms with Gasteiger partial charge in [-0.25, -0.2) is 4.98 Å². The van der Waals surface area contributed by atoms with E-state index in [1.165, 1.54) is 16.7 Å². The van der Waals surface area contributed by atoms with Crippen molar-refractivity contribution >= 4 is 44.7 Å². The molecule has 0 unspecified atom stereocenters. The maximum Gasteiger partial charge on any atom is 0.140 e. The number of benzene rings is 2. The van der Waals surface area contributed by atoms with Crippen LogP contribution in [0.15, 0.2) is 48.7 Å². The van der Waals surface area contributed by atoms with Crippen molar-refractivity contribution in [1.29, 1.82) is 0 Å². The van der Waals surface area contributed by atoms with Gasteiger partial charge in [-0.05, 0) is 18.2 Å². The molecule has 21 heavy (non-hydrogen) atoms. The summed E-state index contributed by atoms with van der Waals surface area (Å²) in [4.78, 5) is 7.62. The lowest BCUT2D eigenvalue weighted by atomic mass is 10.1. The predicted molar refractivity (Wildman–Crippen MR) is 87.3 cm³/mol. The van der Waals surface area contributed by atoms with Crippen LogP contribution in [0.2, 0.25) is 4.34 Å². The molecular weight excluding hydrogens is 304 g/mol. The number of nitrogens with zero attached hydrogens (tertiary/aromatic N) is 1. The van der Waals surface area contributed by atoms with E-state index < -0.39 is 0 Å². The highest BCUT2D eigenvalue weighted by Crippen LogP contribution is 2.33. The van der Waals surface area contributed by atoms with Gasteiger partial charge in [0.05, 0.1) is 11.7 Å². The topological polar surface area (TPSA) is 37.9 Å². The minimum atomic E-state index is 0.427. The Morgan fingerprint density at radius 1 is 1.10 bits per heavy atom. The quantitative estimate of drug-likeness (QED) is 0.577. The van der Waals surface area contributed by atoms with Crippen molar-refractivity contribution < 1.29 is 4.74 Å². The van der Waals surface area contributed by atoms with Gasteiger partial charge in [0, 0.05) is 16.3 Å². The average Bonchev–Trinajstić information content (AvgIpc) is 3.08. The number of ether oxygens (including phenoxy) is 1. The summed E-state index contributed by atoms with van der Waals surface area (Å²) in [6, 6.07) is 14.3. The number of rotatable bonds is 3. The SMILES string of the molecule is Clc1cnc(COc2cccc3[nH]c4ccccc4c23)s1. The molecule has 0 aliphatic heterocycles. The van der Waals surface area contributed by atoms with Crippen LogP contribution in [0.25, 0.3) is 21.8 Å². The van der Waals surface area contributed by atoms with E-state index in [2.05, 4.69) is 28.2 Å². The van der Waals surface area contributed by atoms with E-state index in [1.807, 2.05) is 24.3 Å². The van der Waals surface area contributed by atoms with Gasteiger partial charge in [-0.3, -0.25) is 0 Å². The van der Waals surface area contributed by atoms with Crippen LogP contribution in [0.5, 0.6) is 5.75 Å². The summed E-state index contributed by atoms with van der Waals surface area (Å²) in [7, 11) is 0. The molecule has 0 fully saturated rings. The van der Waals surface area contributed by atoms with E-state index in [9.17, 15) is 0 Å². The Morgan fingerprint density at radius 2 is 1.95 bits per heavy atom. The molecule has 2 aromatic carbocycles. The summed E-state index contributed by atoms with van der Waals surface area (Å²) >= 11 is 7.33. The number of para-hydroxylation sites is 1. The zero-order valence-electron chi connectivity index (χ0n) is 11.0. The molecule has 5 heteroatoms. The number of hydrogen-bond acceptors (Lipinski definition) is 3. The smallest absolute Gasteiger partial charge is 0.140 e. The van der Waals surface area contributed by atoms with E-state index in [0.717, 1.165) is 27.2 Å². The number of nitrogens with one attached hydrogen (secondary N) is 1. The Balaban J connectivity index is 1.77. The molecule has 0 radical (unpaired) electrons. The van der Waals surface area contributed by atoms with Crippen LogP contribution in [-0.4, -0.2) is 9.97 Å². The lowest BCUT2D eigenvalue weighted by molar-refractivity contribution is 0.309. The molecule has 0 bridgehead atoms. The molecule has 0 spiro atoms. The number of thiazole rings is 1. The molecule has 0 atom stereocenters. The standard InChI is InChI=1S/C16H11ClN2OS/c17-14-8-18-15(21-14)9-20-13-7-3-6-12-16(13)10-4-1-2-5-11(10)19-12/h1-8,19H,9H2. The Hall–Kier alpha value is -2.04. The molecule has 1 N–H and O–H groups in total. The number of aromatic nitrogens is 2. The first-order chi connectivity index (χ1) is 10.3. The van der Waals surface area contributed by atoms with Crippen LogP contribution >= 0.6 is 22.9 Å². The Morgan fingerprint density at radius 3 is 2.81 bits per heavy atom. The van der Waals surface area contributed by atoms with Crippen molar-refractivity contribution in [2.24, 2.45) is 0 Å². The van der Waals surface area contributed by atoms with E-state index in [1.54, 1.807) is 6.20 Å². The van der Waals surface area contributed by atoms with Crippen LogP contribution < -0.4 is 4.74 Å². The van der Waals surface area contributed by atoms with Gasteiger partial charge in [0.15, 0.2) is 0 Å². The van der Waals surface area contributed by atoms with Crippen LogP contribution in [0.3, 0.4) is 0 Å². The molecule has 2 heterocycles. The third-order valence-corrected chi connectivity index (χ3v) is 4.46. The predicted octanol–water partition coefficient (Wildman–Crippen LogP) is 5.01. The Labute approximate surface area is 130 Å². The van der Waals surface area contributed by atoms with Gasteiger partial charge >= 0.3 is 0 Å². The largest absolute Gasteiger partial charge is 0.486 e. The van der Waals surface area contributed by atoms with Crippen LogP contribution in [0.1, 0.15) is 5.01 Å². The third kappa shape index (κ3) is 2.26. The van der Waals surface area contributed by atoms with Gasteiger partial charge in [0.25, 0.3) is 0 Å². The molecule has 0 saturated carbocycles. The highest BCUT2D eigenvalue weighted by atomic mass is 35.5. The van der Waals surface area contributed by atoms with Gasteiger partial charge in [0.1, 0.15) is 21.7 Å². The first-order valence-corrected chi connectivity index (χ1v) is 7.73. The minimum Gasteiger partial charge on any atom is -0.486 e. The number of hydrogen-bond donors (Lipinski definition) is 1. The van der Waals surface area contributed by atoms with Crippen molar-refractivity contribution in [3.05, 3.63) is 58.0 Å².